The largest absolute Gasteiger partial charge is 0.395 e. The molecule has 1 rings (SSSR count). The molecule has 0 aliphatic heterocycles. The summed E-state index contributed by atoms with van der Waals surface area (Å²) in [7, 11) is 0. The van der Waals surface area contributed by atoms with Crippen molar-refractivity contribution in [2.24, 2.45) is 11.8 Å². The molecule has 1 fully saturated rings. The standard InChI is InChI=1S/C22H39NO5/c1-2-3-6-9-17(25)12-13-19-18(20(26)16-21(19)27)10-7-4-5-8-11-22(28)23-14-15-24/h4,7,12-13,17-21,24-27H,2-3,5-6,8-11,14-16H2,1H3,(H,23,28)/b7-4-,13-12+/t17-,18+,19-,20-,21-/m0/s1. The predicted molar refractivity (Wildman–Crippen MR) is 111 cm³/mol. The molecule has 6 heteroatoms. The zero-order valence-corrected chi connectivity index (χ0v) is 17.2. The van der Waals surface area contributed by atoms with Gasteiger partial charge in [-0.3, -0.25) is 4.79 Å². The lowest BCUT2D eigenvalue weighted by molar-refractivity contribution is -0.121. The lowest BCUT2D eigenvalue weighted by atomic mass is 9.89. The maximum atomic E-state index is 11.4. The highest BCUT2D eigenvalue weighted by Gasteiger charge is 2.39. The molecule has 0 aromatic heterocycles. The van der Waals surface area contributed by atoms with Gasteiger partial charge in [-0.05, 0) is 31.6 Å². The molecular weight excluding hydrogens is 358 g/mol. The van der Waals surface area contributed by atoms with E-state index < -0.39 is 18.3 Å². The summed E-state index contributed by atoms with van der Waals surface area (Å²) in [5.41, 5.74) is 0. The average Bonchev–Trinajstić information content (AvgIpc) is 2.94. The molecule has 0 saturated heterocycles. The van der Waals surface area contributed by atoms with Crippen LogP contribution in [0.1, 0.15) is 64.7 Å². The van der Waals surface area contributed by atoms with Crippen LogP contribution in [-0.4, -0.2) is 57.8 Å². The highest BCUT2D eigenvalue weighted by molar-refractivity contribution is 5.75. The molecule has 0 radical (unpaired) electrons. The first-order valence-corrected chi connectivity index (χ1v) is 10.7. The number of carbonyl (C=O) groups is 1. The lowest BCUT2D eigenvalue weighted by Crippen LogP contribution is -2.25. The Labute approximate surface area is 169 Å². The Morgan fingerprint density at radius 3 is 2.68 bits per heavy atom. The van der Waals surface area contributed by atoms with Crippen LogP contribution in [0.5, 0.6) is 0 Å². The van der Waals surface area contributed by atoms with Crippen LogP contribution in [0.4, 0.5) is 0 Å². The van der Waals surface area contributed by atoms with Crippen LogP contribution in [-0.2, 0) is 4.79 Å². The fourth-order valence-corrected chi connectivity index (χ4v) is 3.70. The van der Waals surface area contributed by atoms with E-state index in [9.17, 15) is 20.1 Å². The number of amides is 1. The summed E-state index contributed by atoms with van der Waals surface area (Å²) >= 11 is 0. The third kappa shape index (κ3) is 9.82. The molecule has 5 N–H and O–H groups in total. The molecule has 0 spiro atoms. The van der Waals surface area contributed by atoms with Gasteiger partial charge in [-0.1, -0.05) is 50.5 Å². The van der Waals surface area contributed by atoms with Crippen molar-refractivity contribution in [1.29, 1.82) is 0 Å². The molecular formula is C22H39NO5. The quantitative estimate of drug-likeness (QED) is 0.228. The Morgan fingerprint density at radius 2 is 1.96 bits per heavy atom. The number of nitrogens with one attached hydrogen (secondary N) is 1. The minimum Gasteiger partial charge on any atom is -0.395 e. The smallest absolute Gasteiger partial charge is 0.220 e. The Hall–Kier alpha value is -1.21. The Bertz CT molecular complexity index is 480. The van der Waals surface area contributed by atoms with E-state index in [0.29, 0.717) is 25.8 Å². The lowest BCUT2D eigenvalue weighted by Gasteiger charge is -2.19. The molecule has 1 saturated carbocycles. The number of carbonyl (C=O) groups excluding carboxylic acids is 1. The maximum Gasteiger partial charge on any atom is 0.220 e. The second-order valence-corrected chi connectivity index (χ2v) is 7.73. The molecule has 28 heavy (non-hydrogen) atoms. The second kappa shape index (κ2) is 14.7. The van der Waals surface area contributed by atoms with Gasteiger partial charge in [0.2, 0.25) is 5.91 Å². The predicted octanol–water partition coefficient (Wildman–Crippen LogP) is 2.07. The summed E-state index contributed by atoms with van der Waals surface area (Å²) in [6, 6.07) is 0. The zero-order chi connectivity index (χ0) is 20.8. The van der Waals surface area contributed by atoms with Gasteiger partial charge in [0.15, 0.2) is 0 Å². The van der Waals surface area contributed by atoms with Gasteiger partial charge >= 0.3 is 0 Å². The summed E-state index contributed by atoms with van der Waals surface area (Å²) in [4.78, 5) is 11.4. The van der Waals surface area contributed by atoms with Crippen LogP contribution in [0.2, 0.25) is 0 Å². The number of aliphatic hydroxyl groups excluding tert-OH is 4. The summed E-state index contributed by atoms with van der Waals surface area (Å²) in [6.45, 7) is 2.37. The van der Waals surface area contributed by atoms with E-state index in [1.54, 1.807) is 6.08 Å². The van der Waals surface area contributed by atoms with E-state index in [2.05, 4.69) is 12.2 Å². The second-order valence-electron chi connectivity index (χ2n) is 7.73. The van der Waals surface area contributed by atoms with Crippen molar-refractivity contribution >= 4 is 5.91 Å². The van der Waals surface area contributed by atoms with E-state index >= 15 is 0 Å². The molecule has 0 bridgehead atoms. The third-order valence-corrected chi connectivity index (χ3v) is 5.36. The topological polar surface area (TPSA) is 110 Å². The average molecular weight is 398 g/mol. The highest BCUT2D eigenvalue weighted by Crippen LogP contribution is 2.36. The van der Waals surface area contributed by atoms with Crippen LogP contribution in [0, 0.1) is 11.8 Å². The van der Waals surface area contributed by atoms with E-state index in [1.807, 2.05) is 18.2 Å². The number of aliphatic hydroxyl groups is 4. The number of unbranched alkanes of at least 4 members (excludes halogenated alkanes) is 3. The summed E-state index contributed by atoms with van der Waals surface area (Å²) in [6.07, 6.45) is 12.9. The van der Waals surface area contributed by atoms with Crippen molar-refractivity contribution in [1.82, 2.24) is 5.32 Å². The Balaban J connectivity index is 2.39. The van der Waals surface area contributed by atoms with Gasteiger partial charge in [-0.25, -0.2) is 0 Å². The fourth-order valence-electron chi connectivity index (χ4n) is 3.70. The van der Waals surface area contributed by atoms with Crippen molar-refractivity contribution < 1.29 is 25.2 Å². The number of hydrogen-bond acceptors (Lipinski definition) is 5. The Morgan fingerprint density at radius 1 is 1.18 bits per heavy atom. The molecule has 162 valence electrons. The molecule has 1 aliphatic carbocycles. The summed E-state index contributed by atoms with van der Waals surface area (Å²) in [5, 5.41) is 41.8. The van der Waals surface area contributed by atoms with Gasteiger partial charge in [0, 0.05) is 25.3 Å². The van der Waals surface area contributed by atoms with Crippen molar-refractivity contribution in [3.8, 4) is 0 Å². The van der Waals surface area contributed by atoms with E-state index in [0.717, 1.165) is 38.5 Å². The molecule has 0 aromatic carbocycles. The van der Waals surface area contributed by atoms with Gasteiger partial charge in [-0.2, -0.15) is 0 Å². The first-order valence-electron chi connectivity index (χ1n) is 10.7. The van der Waals surface area contributed by atoms with E-state index in [-0.39, 0.29) is 24.3 Å². The summed E-state index contributed by atoms with van der Waals surface area (Å²) < 4.78 is 0. The van der Waals surface area contributed by atoms with Crippen molar-refractivity contribution in [3.63, 3.8) is 0 Å². The first kappa shape index (κ1) is 24.8. The van der Waals surface area contributed by atoms with Gasteiger partial charge < -0.3 is 25.7 Å². The van der Waals surface area contributed by atoms with Gasteiger partial charge in [0.05, 0.1) is 24.9 Å². The number of rotatable bonds is 14. The molecule has 0 unspecified atom stereocenters. The van der Waals surface area contributed by atoms with Crippen LogP contribution in [0.3, 0.4) is 0 Å². The number of hydrogen-bond donors (Lipinski definition) is 5. The maximum absolute atomic E-state index is 11.4. The third-order valence-electron chi connectivity index (χ3n) is 5.36. The molecule has 5 atom stereocenters. The van der Waals surface area contributed by atoms with Gasteiger partial charge in [-0.15, -0.1) is 0 Å². The van der Waals surface area contributed by atoms with Gasteiger partial charge in [0.25, 0.3) is 0 Å². The molecule has 0 heterocycles. The van der Waals surface area contributed by atoms with Crippen LogP contribution in [0.25, 0.3) is 0 Å². The van der Waals surface area contributed by atoms with Crippen molar-refractivity contribution in [2.75, 3.05) is 13.2 Å². The van der Waals surface area contributed by atoms with E-state index in [1.165, 1.54) is 0 Å². The van der Waals surface area contributed by atoms with Crippen LogP contribution >= 0.6 is 0 Å². The van der Waals surface area contributed by atoms with Crippen molar-refractivity contribution in [3.05, 3.63) is 24.3 Å². The first-order chi connectivity index (χ1) is 13.5. The zero-order valence-electron chi connectivity index (χ0n) is 17.2. The SMILES string of the molecule is CCCCC[C@H](O)/C=C/[C@H]1[C@@H](C/C=C\CCCC(=O)NCCO)[C@@H](O)C[C@@H]1O. The molecule has 6 nitrogen and oxygen atoms in total. The van der Waals surface area contributed by atoms with Crippen LogP contribution < -0.4 is 5.32 Å². The monoisotopic (exact) mass is 397 g/mol. The molecule has 1 amide bonds. The summed E-state index contributed by atoms with van der Waals surface area (Å²) in [5.74, 6) is -0.262. The number of allylic oxidation sites excluding steroid dienone is 2. The highest BCUT2D eigenvalue weighted by atomic mass is 16.3. The minimum absolute atomic E-state index is 0.0490. The van der Waals surface area contributed by atoms with Gasteiger partial charge in [0.1, 0.15) is 0 Å². The van der Waals surface area contributed by atoms with E-state index in [4.69, 9.17) is 5.11 Å². The molecule has 0 aromatic rings. The minimum atomic E-state index is -0.581. The Kier molecular flexibility index (Phi) is 13.1. The fraction of sp³-hybridized carbons (Fsp3) is 0.773. The normalized spacial score (nSPS) is 26.3. The molecule has 1 aliphatic rings. The van der Waals surface area contributed by atoms with Crippen LogP contribution in [0.15, 0.2) is 24.3 Å². The van der Waals surface area contributed by atoms with Crippen molar-refractivity contribution in [2.45, 2.75) is 83.0 Å².